The fourth-order valence-electron chi connectivity index (χ4n) is 3.73. The van der Waals surface area contributed by atoms with Crippen LogP contribution in [0.2, 0.25) is 0 Å². The lowest BCUT2D eigenvalue weighted by Crippen LogP contribution is -2.30. The standard InChI is InChI=1S/C22H21FN2O3S/c23-14-9-11-15(12-10-14)24-20(26)13-28-22(27)17-6-2-1-5-16(17)21-25-18-7-3-4-8-19(18)29-21/h3-4,7-12,16-17H,1-2,5-6,13H2,(H,24,26)/t16-,17+/m1/s1. The molecule has 1 heterocycles. The molecule has 0 spiro atoms. The molecule has 0 aliphatic heterocycles. The molecule has 2 aromatic carbocycles. The number of thiazole rings is 1. The van der Waals surface area contributed by atoms with Crippen molar-refractivity contribution in [1.82, 2.24) is 4.98 Å². The molecule has 5 nitrogen and oxygen atoms in total. The van der Waals surface area contributed by atoms with E-state index in [1.54, 1.807) is 11.3 Å². The lowest BCUT2D eigenvalue weighted by Gasteiger charge is -2.28. The van der Waals surface area contributed by atoms with E-state index in [2.05, 4.69) is 5.32 Å². The fraction of sp³-hybridized carbons (Fsp3) is 0.318. The van der Waals surface area contributed by atoms with Crippen LogP contribution in [0.15, 0.2) is 48.5 Å². The predicted octanol–water partition coefficient (Wildman–Crippen LogP) is 4.89. The minimum absolute atomic E-state index is 0.0220. The van der Waals surface area contributed by atoms with E-state index in [1.807, 2.05) is 24.3 Å². The van der Waals surface area contributed by atoms with E-state index >= 15 is 0 Å². The van der Waals surface area contributed by atoms with E-state index in [-0.39, 0.29) is 30.2 Å². The van der Waals surface area contributed by atoms with Crippen molar-refractivity contribution in [3.05, 3.63) is 59.4 Å². The largest absolute Gasteiger partial charge is 0.455 e. The number of aromatic nitrogens is 1. The Morgan fingerprint density at radius 3 is 2.66 bits per heavy atom. The highest BCUT2D eigenvalue weighted by atomic mass is 32.1. The van der Waals surface area contributed by atoms with Crippen LogP contribution in [0.5, 0.6) is 0 Å². The summed E-state index contributed by atoms with van der Waals surface area (Å²) in [6.45, 7) is -0.362. The molecule has 1 amide bonds. The van der Waals surface area contributed by atoms with Crippen molar-refractivity contribution >= 4 is 39.1 Å². The number of esters is 1. The van der Waals surface area contributed by atoms with Gasteiger partial charge in [0.05, 0.1) is 21.1 Å². The number of benzene rings is 2. The molecule has 1 aromatic heterocycles. The summed E-state index contributed by atoms with van der Waals surface area (Å²) < 4.78 is 19.4. The molecule has 2 atom stereocenters. The molecule has 0 radical (unpaired) electrons. The molecule has 7 heteroatoms. The van der Waals surface area contributed by atoms with Crippen LogP contribution in [0.25, 0.3) is 10.2 Å². The van der Waals surface area contributed by atoms with Gasteiger partial charge in [-0.2, -0.15) is 0 Å². The molecule has 1 aliphatic carbocycles. The van der Waals surface area contributed by atoms with Crippen LogP contribution in [0.3, 0.4) is 0 Å². The maximum atomic E-state index is 12.9. The summed E-state index contributed by atoms with van der Waals surface area (Å²) in [6.07, 6.45) is 3.64. The van der Waals surface area contributed by atoms with Crippen molar-refractivity contribution in [2.24, 2.45) is 5.92 Å². The van der Waals surface area contributed by atoms with Gasteiger partial charge < -0.3 is 10.1 Å². The van der Waals surface area contributed by atoms with Crippen LogP contribution in [-0.2, 0) is 14.3 Å². The second-order valence-corrected chi connectivity index (χ2v) is 8.24. The third kappa shape index (κ3) is 4.62. The molecule has 0 saturated heterocycles. The van der Waals surface area contributed by atoms with E-state index in [4.69, 9.17) is 9.72 Å². The van der Waals surface area contributed by atoms with Crippen LogP contribution >= 0.6 is 11.3 Å². The number of hydrogen-bond acceptors (Lipinski definition) is 5. The van der Waals surface area contributed by atoms with Gasteiger partial charge in [0.15, 0.2) is 6.61 Å². The summed E-state index contributed by atoms with van der Waals surface area (Å²) in [7, 11) is 0. The van der Waals surface area contributed by atoms with Crippen LogP contribution in [-0.4, -0.2) is 23.5 Å². The molecule has 1 aliphatic rings. The van der Waals surface area contributed by atoms with Crippen molar-refractivity contribution in [1.29, 1.82) is 0 Å². The average Bonchev–Trinajstić information content (AvgIpc) is 3.18. The topological polar surface area (TPSA) is 68.3 Å². The monoisotopic (exact) mass is 412 g/mol. The SMILES string of the molecule is O=C(COC(=O)[C@H]1CCCC[C@H]1c1nc2ccccc2s1)Nc1ccc(F)cc1. The van der Waals surface area contributed by atoms with E-state index in [0.29, 0.717) is 5.69 Å². The first-order chi connectivity index (χ1) is 14.1. The van der Waals surface area contributed by atoms with Gasteiger partial charge in [-0.25, -0.2) is 9.37 Å². The number of amides is 1. The highest BCUT2D eigenvalue weighted by Gasteiger charge is 2.35. The van der Waals surface area contributed by atoms with Gasteiger partial charge in [0.1, 0.15) is 5.82 Å². The second-order valence-electron chi connectivity index (χ2n) is 7.18. The first kappa shape index (κ1) is 19.5. The predicted molar refractivity (Wildman–Crippen MR) is 110 cm³/mol. The zero-order chi connectivity index (χ0) is 20.2. The summed E-state index contributed by atoms with van der Waals surface area (Å²) in [6, 6.07) is 13.4. The number of nitrogens with one attached hydrogen (secondary N) is 1. The second kappa shape index (κ2) is 8.69. The third-order valence-corrected chi connectivity index (χ3v) is 6.34. The van der Waals surface area contributed by atoms with Gasteiger partial charge in [0.25, 0.3) is 5.91 Å². The maximum absolute atomic E-state index is 12.9. The molecule has 1 N–H and O–H groups in total. The molecular weight excluding hydrogens is 391 g/mol. The summed E-state index contributed by atoms with van der Waals surface area (Å²) in [5, 5.41) is 3.56. The van der Waals surface area contributed by atoms with Gasteiger partial charge in [0.2, 0.25) is 0 Å². The van der Waals surface area contributed by atoms with E-state index < -0.39 is 5.91 Å². The van der Waals surface area contributed by atoms with Crippen molar-refractivity contribution in [3.8, 4) is 0 Å². The maximum Gasteiger partial charge on any atom is 0.310 e. The molecular formula is C22H21FN2O3S. The van der Waals surface area contributed by atoms with E-state index in [0.717, 1.165) is 40.9 Å². The number of anilines is 1. The van der Waals surface area contributed by atoms with Gasteiger partial charge in [-0.15, -0.1) is 11.3 Å². The lowest BCUT2D eigenvalue weighted by molar-refractivity contribution is -0.153. The molecule has 0 unspecified atom stereocenters. The first-order valence-corrected chi connectivity index (χ1v) is 10.5. The number of nitrogens with zero attached hydrogens (tertiary/aromatic N) is 1. The molecule has 1 fully saturated rings. The van der Waals surface area contributed by atoms with Gasteiger partial charge >= 0.3 is 5.97 Å². The number of hydrogen-bond donors (Lipinski definition) is 1. The Balaban J connectivity index is 1.39. The fourth-order valence-corrected chi connectivity index (χ4v) is 4.90. The molecule has 150 valence electrons. The van der Waals surface area contributed by atoms with Crippen LogP contribution in [0.4, 0.5) is 10.1 Å². The number of ether oxygens (including phenoxy) is 1. The number of carbonyl (C=O) groups excluding carboxylic acids is 2. The zero-order valence-electron chi connectivity index (χ0n) is 15.8. The van der Waals surface area contributed by atoms with Crippen molar-refractivity contribution in [2.75, 3.05) is 11.9 Å². The van der Waals surface area contributed by atoms with Crippen LogP contribution in [0, 0.1) is 11.7 Å². The van der Waals surface area contributed by atoms with Gasteiger partial charge in [0, 0.05) is 11.6 Å². The smallest absolute Gasteiger partial charge is 0.310 e. The summed E-state index contributed by atoms with van der Waals surface area (Å²) >= 11 is 1.62. The quantitative estimate of drug-likeness (QED) is 0.606. The minimum atomic E-state index is -0.447. The zero-order valence-corrected chi connectivity index (χ0v) is 16.6. The summed E-state index contributed by atoms with van der Waals surface area (Å²) in [4.78, 5) is 29.5. The molecule has 0 bridgehead atoms. The van der Waals surface area contributed by atoms with Gasteiger partial charge in [-0.3, -0.25) is 9.59 Å². The Bertz CT molecular complexity index is 985. The molecule has 29 heavy (non-hydrogen) atoms. The van der Waals surface area contributed by atoms with Gasteiger partial charge in [-0.05, 0) is 49.2 Å². The number of carbonyl (C=O) groups is 2. The van der Waals surface area contributed by atoms with Crippen molar-refractivity contribution in [2.45, 2.75) is 31.6 Å². The van der Waals surface area contributed by atoms with Crippen LogP contribution < -0.4 is 5.32 Å². The Labute approximate surface area is 171 Å². The third-order valence-electron chi connectivity index (χ3n) is 5.17. The summed E-state index contributed by atoms with van der Waals surface area (Å²) in [5.41, 5.74) is 1.40. The number of rotatable bonds is 5. The number of halogens is 1. The van der Waals surface area contributed by atoms with Crippen LogP contribution in [0.1, 0.15) is 36.6 Å². The number of fused-ring (bicyclic) bond motifs is 1. The molecule has 1 saturated carbocycles. The van der Waals surface area contributed by atoms with Crippen molar-refractivity contribution < 1.29 is 18.7 Å². The minimum Gasteiger partial charge on any atom is -0.455 e. The Hall–Kier alpha value is -2.80. The first-order valence-electron chi connectivity index (χ1n) is 9.67. The Morgan fingerprint density at radius 1 is 1.10 bits per heavy atom. The van der Waals surface area contributed by atoms with E-state index in [9.17, 15) is 14.0 Å². The number of para-hydroxylation sites is 1. The molecule has 3 aromatic rings. The van der Waals surface area contributed by atoms with Crippen molar-refractivity contribution in [3.63, 3.8) is 0 Å². The Morgan fingerprint density at radius 2 is 1.86 bits per heavy atom. The van der Waals surface area contributed by atoms with E-state index in [1.165, 1.54) is 24.3 Å². The Kier molecular flexibility index (Phi) is 5.85. The summed E-state index contributed by atoms with van der Waals surface area (Å²) in [5.74, 6) is -1.45. The average molecular weight is 412 g/mol. The lowest BCUT2D eigenvalue weighted by atomic mass is 9.79. The van der Waals surface area contributed by atoms with Gasteiger partial charge in [-0.1, -0.05) is 25.0 Å². The highest BCUT2D eigenvalue weighted by molar-refractivity contribution is 7.18. The molecule has 4 rings (SSSR count). The normalized spacial score (nSPS) is 19.1. The highest BCUT2D eigenvalue weighted by Crippen LogP contribution is 2.41.